The number of anilines is 1. The summed E-state index contributed by atoms with van der Waals surface area (Å²) in [4.78, 5) is 47.5. The molecule has 1 aliphatic heterocycles. The molecule has 28 heavy (non-hydrogen) atoms. The van der Waals surface area contributed by atoms with Gasteiger partial charge in [0.15, 0.2) is 0 Å². The van der Waals surface area contributed by atoms with Gasteiger partial charge < -0.3 is 14.8 Å². The van der Waals surface area contributed by atoms with Gasteiger partial charge in [0.25, 0.3) is 5.56 Å². The first kappa shape index (κ1) is 19.3. The van der Waals surface area contributed by atoms with Gasteiger partial charge in [-0.2, -0.15) is 5.26 Å². The van der Waals surface area contributed by atoms with Crippen molar-refractivity contribution in [2.75, 3.05) is 18.0 Å². The molecular formula is C20H21N5O3. The summed E-state index contributed by atoms with van der Waals surface area (Å²) in [6, 6.07) is 8.60. The summed E-state index contributed by atoms with van der Waals surface area (Å²) in [5, 5.41) is 8.90. The van der Waals surface area contributed by atoms with Crippen LogP contribution in [0.3, 0.4) is 0 Å². The van der Waals surface area contributed by atoms with Crippen molar-refractivity contribution in [3.63, 3.8) is 0 Å². The maximum atomic E-state index is 12.8. The number of aromatic amines is 1. The van der Waals surface area contributed by atoms with Crippen molar-refractivity contribution in [2.45, 2.75) is 33.2 Å². The molecule has 1 saturated heterocycles. The van der Waals surface area contributed by atoms with E-state index in [1.807, 2.05) is 13.0 Å². The number of H-pyrrole nitrogens is 1. The molecule has 0 radical (unpaired) electrons. The first-order valence-electron chi connectivity index (χ1n) is 8.96. The molecule has 1 unspecified atom stereocenters. The zero-order valence-electron chi connectivity index (χ0n) is 16.0. The molecule has 1 fully saturated rings. The van der Waals surface area contributed by atoms with Gasteiger partial charge in [0.1, 0.15) is 12.4 Å². The number of aryl methyl sites for hydroxylation is 2. The second-order valence-corrected chi connectivity index (χ2v) is 6.93. The van der Waals surface area contributed by atoms with E-state index < -0.39 is 0 Å². The van der Waals surface area contributed by atoms with E-state index in [1.165, 1.54) is 4.90 Å². The minimum Gasteiger partial charge on any atom is -0.329 e. The molecule has 1 aromatic heterocycles. The number of nitrogens with one attached hydrogen (secondary N) is 1. The van der Waals surface area contributed by atoms with E-state index in [0.717, 1.165) is 0 Å². The number of amides is 2. The Morgan fingerprint density at radius 3 is 2.57 bits per heavy atom. The Labute approximate surface area is 162 Å². The Balaban J connectivity index is 1.75. The van der Waals surface area contributed by atoms with Crippen molar-refractivity contribution in [1.82, 2.24) is 14.9 Å². The van der Waals surface area contributed by atoms with Crippen LogP contribution in [0.15, 0.2) is 29.1 Å². The summed E-state index contributed by atoms with van der Waals surface area (Å²) in [5.74, 6) is 0.0154. The second kappa shape index (κ2) is 7.64. The van der Waals surface area contributed by atoms with Crippen LogP contribution in [0.2, 0.25) is 0 Å². The van der Waals surface area contributed by atoms with Crippen LogP contribution in [0.25, 0.3) is 0 Å². The normalized spacial score (nSPS) is 16.8. The second-order valence-electron chi connectivity index (χ2n) is 6.93. The van der Waals surface area contributed by atoms with Crippen LogP contribution in [0.4, 0.5) is 5.69 Å². The largest absolute Gasteiger partial charge is 0.329 e. The maximum Gasteiger partial charge on any atom is 0.254 e. The average Bonchev–Trinajstić information content (AvgIpc) is 2.66. The number of nitriles is 1. The Bertz CT molecular complexity index is 1020. The quantitative estimate of drug-likeness (QED) is 0.858. The van der Waals surface area contributed by atoms with Crippen molar-refractivity contribution in [3.05, 3.63) is 57.3 Å². The van der Waals surface area contributed by atoms with Gasteiger partial charge in [0.05, 0.1) is 18.1 Å². The molecule has 2 heterocycles. The van der Waals surface area contributed by atoms with Crippen LogP contribution in [0, 0.1) is 25.2 Å². The zero-order chi connectivity index (χ0) is 20.4. The number of carbonyl (C=O) groups excluding carboxylic acids is 2. The number of rotatable bonds is 3. The number of benzene rings is 1. The summed E-state index contributed by atoms with van der Waals surface area (Å²) < 4.78 is 0. The molecule has 0 spiro atoms. The summed E-state index contributed by atoms with van der Waals surface area (Å²) in [6.07, 6.45) is -0.0943. The van der Waals surface area contributed by atoms with Gasteiger partial charge in [-0.15, -0.1) is 0 Å². The highest BCUT2D eigenvalue weighted by molar-refractivity contribution is 5.98. The minimum absolute atomic E-state index is 0.0593. The maximum absolute atomic E-state index is 12.8. The van der Waals surface area contributed by atoms with Crippen LogP contribution in [-0.4, -0.2) is 45.8 Å². The Hall–Kier alpha value is -3.47. The van der Waals surface area contributed by atoms with Crippen molar-refractivity contribution in [3.8, 4) is 6.07 Å². The van der Waals surface area contributed by atoms with Gasteiger partial charge in [-0.3, -0.25) is 14.4 Å². The van der Waals surface area contributed by atoms with E-state index in [-0.39, 0.29) is 36.4 Å². The lowest BCUT2D eigenvalue weighted by Crippen LogP contribution is -2.57. The van der Waals surface area contributed by atoms with Crippen LogP contribution < -0.4 is 10.5 Å². The SMILES string of the molecule is Cc1nc(C)c(CC(=O)N2CC(=O)N(c3ccc(C#N)cc3)CC2C)c(=O)[nH]1. The molecule has 8 nitrogen and oxygen atoms in total. The number of aromatic nitrogens is 2. The Kier molecular flexibility index (Phi) is 5.27. The molecule has 1 atom stereocenters. The topological polar surface area (TPSA) is 110 Å². The third-order valence-electron chi connectivity index (χ3n) is 4.88. The third kappa shape index (κ3) is 3.78. The molecule has 1 aromatic carbocycles. The van der Waals surface area contributed by atoms with Crippen LogP contribution in [0.1, 0.15) is 29.6 Å². The van der Waals surface area contributed by atoms with Crippen LogP contribution >= 0.6 is 0 Å². The molecule has 2 amide bonds. The van der Waals surface area contributed by atoms with Gasteiger partial charge in [0.2, 0.25) is 11.8 Å². The smallest absolute Gasteiger partial charge is 0.254 e. The van der Waals surface area contributed by atoms with Gasteiger partial charge >= 0.3 is 0 Å². The van der Waals surface area contributed by atoms with E-state index in [9.17, 15) is 14.4 Å². The van der Waals surface area contributed by atoms with Gasteiger partial charge in [0, 0.05) is 29.5 Å². The number of carbonyl (C=O) groups is 2. The average molecular weight is 379 g/mol. The van der Waals surface area contributed by atoms with E-state index >= 15 is 0 Å². The molecule has 0 aliphatic carbocycles. The monoisotopic (exact) mass is 379 g/mol. The fraction of sp³-hybridized carbons (Fsp3) is 0.350. The highest BCUT2D eigenvalue weighted by atomic mass is 16.2. The molecule has 0 saturated carbocycles. The van der Waals surface area contributed by atoms with Crippen molar-refractivity contribution in [1.29, 1.82) is 5.26 Å². The molecular weight excluding hydrogens is 358 g/mol. The molecule has 144 valence electrons. The van der Waals surface area contributed by atoms with Crippen LogP contribution in [0.5, 0.6) is 0 Å². The molecule has 8 heteroatoms. The third-order valence-corrected chi connectivity index (χ3v) is 4.88. The van der Waals surface area contributed by atoms with E-state index in [4.69, 9.17) is 5.26 Å². The fourth-order valence-electron chi connectivity index (χ4n) is 3.36. The Morgan fingerprint density at radius 1 is 1.29 bits per heavy atom. The fourth-order valence-corrected chi connectivity index (χ4v) is 3.36. The molecule has 1 N–H and O–H groups in total. The van der Waals surface area contributed by atoms with Crippen molar-refractivity contribution >= 4 is 17.5 Å². The van der Waals surface area contributed by atoms with Crippen molar-refractivity contribution in [2.24, 2.45) is 0 Å². The molecule has 2 aromatic rings. The number of piperazine rings is 1. The van der Waals surface area contributed by atoms with E-state index in [0.29, 0.717) is 34.9 Å². The van der Waals surface area contributed by atoms with Crippen molar-refractivity contribution < 1.29 is 9.59 Å². The lowest BCUT2D eigenvalue weighted by atomic mass is 10.1. The van der Waals surface area contributed by atoms with Gasteiger partial charge in [-0.25, -0.2) is 4.98 Å². The number of hydrogen-bond donors (Lipinski definition) is 1. The predicted octanol–water partition coefficient (Wildman–Crippen LogP) is 1.06. The molecule has 3 rings (SSSR count). The zero-order valence-corrected chi connectivity index (χ0v) is 16.0. The lowest BCUT2D eigenvalue weighted by Gasteiger charge is -2.39. The minimum atomic E-state index is -0.325. The number of nitrogens with zero attached hydrogens (tertiary/aromatic N) is 4. The van der Waals surface area contributed by atoms with E-state index in [1.54, 1.807) is 43.0 Å². The first-order chi connectivity index (χ1) is 13.3. The lowest BCUT2D eigenvalue weighted by molar-refractivity contribution is -0.138. The van der Waals surface area contributed by atoms with Crippen LogP contribution in [-0.2, 0) is 16.0 Å². The summed E-state index contributed by atoms with van der Waals surface area (Å²) >= 11 is 0. The first-order valence-corrected chi connectivity index (χ1v) is 8.96. The van der Waals surface area contributed by atoms with E-state index in [2.05, 4.69) is 9.97 Å². The van der Waals surface area contributed by atoms with Gasteiger partial charge in [-0.05, 0) is 45.0 Å². The molecule has 0 bridgehead atoms. The summed E-state index contributed by atoms with van der Waals surface area (Å²) in [6.45, 7) is 5.53. The molecule has 1 aliphatic rings. The van der Waals surface area contributed by atoms with Gasteiger partial charge in [-0.1, -0.05) is 0 Å². The standard InChI is InChI=1S/C20H21N5O3/c1-12-10-25(16-6-4-15(9-21)5-7-16)19(27)11-24(12)18(26)8-17-13(2)22-14(3)23-20(17)28/h4-7,12H,8,10-11H2,1-3H3,(H,22,23,28). The number of hydrogen-bond acceptors (Lipinski definition) is 5. The highest BCUT2D eigenvalue weighted by Crippen LogP contribution is 2.21. The highest BCUT2D eigenvalue weighted by Gasteiger charge is 2.33. The summed E-state index contributed by atoms with van der Waals surface area (Å²) in [7, 11) is 0. The predicted molar refractivity (Wildman–Crippen MR) is 103 cm³/mol. The Morgan fingerprint density at radius 2 is 1.96 bits per heavy atom. The summed E-state index contributed by atoms with van der Waals surface area (Å²) in [5.41, 5.74) is 1.73.